The second-order valence-electron chi connectivity index (χ2n) is 13.9. The molecule has 302 valence electrons. The number of aliphatic hydroxyl groups is 2. The molecule has 0 aromatic carbocycles. The zero-order valence-corrected chi connectivity index (χ0v) is 33.0. The highest BCUT2D eigenvalue weighted by atomic mass is 32.2. The van der Waals surface area contributed by atoms with E-state index in [0.29, 0.717) is 32.1 Å². The molecule has 0 amide bonds. The van der Waals surface area contributed by atoms with Gasteiger partial charge in [0.1, 0.15) is 0 Å². The van der Waals surface area contributed by atoms with Gasteiger partial charge in [0.25, 0.3) is 10.1 Å². The number of ether oxygens (including phenoxy) is 2. The Hall–Kier alpha value is -2.41. The van der Waals surface area contributed by atoms with E-state index in [0.717, 1.165) is 96.3 Å². The Morgan fingerprint density at radius 1 is 0.538 bits per heavy atom. The summed E-state index contributed by atoms with van der Waals surface area (Å²) in [7, 11) is -5.12. The molecule has 0 aliphatic heterocycles. The van der Waals surface area contributed by atoms with Crippen molar-refractivity contribution in [3.05, 3.63) is 24.3 Å². The summed E-state index contributed by atoms with van der Waals surface area (Å²) in [5.41, 5.74) is 0. The van der Waals surface area contributed by atoms with Crippen molar-refractivity contribution in [2.24, 2.45) is 0 Å². The molecule has 0 saturated heterocycles. The molecule has 3 N–H and O–H groups in total. The van der Waals surface area contributed by atoms with E-state index in [1.54, 1.807) is 0 Å². The molecule has 0 rings (SSSR count). The molecule has 0 saturated carbocycles. The van der Waals surface area contributed by atoms with E-state index in [1.165, 1.54) is 25.7 Å². The van der Waals surface area contributed by atoms with Crippen molar-refractivity contribution in [1.82, 2.24) is 0 Å². The second-order valence-corrected chi connectivity index (χ2v) is 15.5. The van der Waals surface area contributed by atoms with Crippen molar-refractivity contribution >= 4 is 34.0 Å². The third-order valence-electron chi connectivity index (χ3n) is 8.85. The first-order chi connectivity index (χ1) is 24.9. The van der Waals surface area contributed by atoms with Crippen LogP contribution in [0.3, 0.4) is 0 Å². The van der Waals surface area contributed by atoms with E-state index in [4.69, 9.17) is 0 Å². The standard InChI is InChI=1S/C40H70O11S/c1-3-5-7-21-27-34(41)29-23-17-13-9-11-15-19-25-31-37(43)50-39(45)33-36(52(47,48)49)40(46)51-38(44)32-26-20-16-12-10-14-18-24-30-35(42)28-22-8-6-4-2/h17-18,23-24,34-36,41-42H,3-16,19-22,25-33H2,1-2H3,(H,47,48,49)/b23-17-,24-18-/t34-,35-,36?/m1/s1. The fourth-order valence-electron chi connectivity index (χ4n) is 5.63. The molecule has 0 aromatic heterocycles. The first-order valence-corrected chi connectivity index (χ1v) is 21.5. The normalized spacial score (nSPS) is 13.7. The monoisotopic (exact) mass is 758 g/mol. The Morgan fingerprint density at radius 3 is 1.38 bits per heavy atom. The Morgan fingerprint density at radius 2 is 0.942 bits per heavy atom. The van der Waals surface area contributed by atoms with Crippen molar-refractivity contribution in [3.8, 4) is 0 Å². The van der Waals surface area contributed by atoms with Crippen molar-refractivity contribution < 1.29 is 51.8 Å². The predicted octanol–water partition coefficient (Wildman–Crippen LogP) is 8.79. The van der Waals surface area contributed by atoms with Crippen LogP contribution in [0.2, 0.25) is 0 Å². The van der Waals surface area contributed by atoms with Crippen LogP contribution in [-0.2, 0) is 38.8 Å². The fraction of sp³-hybridized carbons (Fsp3) is 0.800. The minimum Gasteiger partial charge on any atom is -0.393 e. The van der Waals surface area contributed by atoms with E-state index in [1.807, 2.05) is 12.2 Å². The summed E-state index contributed by atoms with van der Waals surface area (Å²) in [6.45, 7) is 4.32. The highest BCUT2D eigenvalue weighted by Gasteiger charge is 2.37. The number of rotatable bonds is 34. The number of aliphatic hydroxyl groups excluding tert-OH is 2. The van der Waals surface area contributed by atoms with Crippen LogP contribution in [0.1, 0.15) is 187 Å². The molecule has 1 unspecified atom stereocenters. The van der Waals surface area contributed by atoms with E-state index in [-0.39, 0.29) is 25.0 Å². The molecule has 0 aliphatic rings. The van der Waals surface area contributed by atoms with Gasteiger partial charge in [-0.2, -0.15) is 8.42 Å². The number of esters is 4. The lowest BCUT2D eigenvalue weighted by Crippen LogP contribution is -2.36. The third kappa shape index (κ3) is 31.1. The molecular formula is C40H70O11S. The van der Waals surface area contributed by atoms with Gasteiger partial charge in [-0.25, -0.2) is 0 Å². The van der Waals surface area contributed by atoms with Gasteiger partial charge in [-0.3, -0.25) is 23.7 Å². The van der Waals surface area contributed by atoms with Crippen LogP contribution in [0.4, 0.5) is 0 Å². The molecule has 3 atom stereocenters. The number of hydrogen-bond acceptors (Lipinski definition) is 10. The summed E-state index contributed by atoms with van der Waals surface area (Å²) in [4.78, 5) is 48.7. The van der Waals surface area contributed by atoms with Crippen LogP contribution < -0.4 is 0 Å². The van der Waals surface area contributed by atoms with Gasteiger partial charge >= 0.3 is 23.9 Å². The zero-order valence-electron chi connectivity index (χ0n) is 32.1. The molecule has 0 heterocycles. The summed E-state index contributed by atoms with van der Waals surface area (Å²) in [6, 6.07) is 0. The van der Waals surface area contributed by atoms with Gasteiger partial charge in [-0.1, -0.05) is 128 Å². The number of hydrogen-bond donors (Lipinski definition) is 3. The quantitative estimate of drug-likeness (QED) is 0.0188. The summed E-state index contributed by atoms with van der Waals surface area (Å²) in [5.74, 6) is -4.75. The van der Waals surface area contributed by atoms with Crippen LogP contribution in [0, 0.1) is 0 Å². The number of carbonyl (C=O) groups excluding carboxylic acids is 4. The highest BCUT2D eigenvalue weighted by Crippen LogP contribution is 2.15. The lowest BCUT2D eigenvalue weighted by molar-refractivity contribution is -0.165. The molecule has 52 heavy (non-hydrogen) atoms. The zero-order chi connectivity index (χ0) is 38.9. The second kappa shape index (κ2) is 33.2. The molecule has 0 radical (unpaired) electrons. The van der Waals surface area contributed by atoms with Gasteiger partial charge in [0, 0.05) is 12.8 Å². The summed E-state index contributed by atoms with van der Waals surface area (Å²) >= 11 is 0. The highest BCUT2D eigenvalue weighted by molar-refractivity contribution is 7.87. The minimum absolute atomic E-state index is 0.0681. The molecule has 11 nitrogen and oxygen atoms in total. The lowest BCUT2D eigenvalue weighted by atomic mass is 10.1. The fourth-order valence-corrected chi connectivity index (χ4v) is 6.26. The van der Waals surface area contributed by atoms with Gasteiger partial charge < -0.3 is 19.7 Å². The Kier molecular flexibility index (Phi) is 31.6. The van der Waals surface area contributed by atoms with Gasteiger partial charge in [0.05, 0.1) is 18.6 Å². The van der Waals surface area contributed by atoms with Gasteiger partial charge in [-0.05, 0) is 64.2 Å². The van der Waals surface area contributed by atoms with E-state index < -0.39 is 45.7 Å². The summed E-state index contributed by atoms with van der Waals surface area (Å²) in [5, 5.41) is 17.6. The van der Waals surface area contributed by atoms with Crippen LogP contribution in [-0.4, -0.2) is 64.5 Å². The van der Waals surface area contributed by atoms with Crippen LogP contribution >= 0.6 is 0 Å². The van der Waals surface area contributed by atoms with Crippen molar-refractivity contribution in [1.29, 1.82) is 0 Å². The SMILES string of the molecule is CCCCCC[C@@H](O)C/C=C\CCCCCCCC(=O)OC(=O)CC(C(=O)OC(=O)CCCCCCC/C=C\C[C@H](O)CCCCCC)S(=O)(=O)O. The summed E-state index contributed by atoms with van der Waals surface area (Å²) in [6.07, 6.45) is 28.1. The lowest BCUT2D eigenvalue weighted by Gasteiger charge is -2.12. The minimum atomic E-state index is -5.12. The number of allylic oxidation sites excluding steroid dienone is 2. The van der Waals surface area contributed by atoms with Crippen molar-refractivity contribution in [3.63, 3.8) is 0 Å². The van der Waals surface area contributed by atoms with Gasteiger partial charge in [-0.15, -0.1) is 0 Å². The maximum atomic E-state index is 12.3. The number of unbranched alkanes of at least 4 members (excludes halogenated alkanes) is 16. The van der Waals surface area contributed by atoms with Gasteiger partial charge in [0.2, 0.25) is 0 Å². The molecule has 12 heteroatoms. The largest absolute Gasteiger partial charge is 0.393 e. The topological polar surface area (TPSA) is 182 Å². The van der Waals surface area contributed by atoms with Crippen LogP contribution in [0.25, 0.3) is 0 Å². The van der Waals surface area contributed by atoms with Crippen LogP contribution in [0.15, 0.2) is 24.3 Å². The van der Waals surface area contributed by atoms with E-state index in [2.05, 4.69) is 35.5 Å². The Bertz CT molecular complexity index is 1120. The van der Waals surface area contributed by atoms with E-state index >= 15 is 0 Å². The molecule has 0 spiro atoms. The molecule has 0 bridgehead atoms. The maximum Gasteiger partial charge on any atom is 0.335 e. The molecule has 0 aromatic rings. The van der Waals surface area contributed by atoms with Crippen LogP contribution in [0.5, 0.6) is 0 Å². The summed E-state index contributed by atoms with van der Waals surface area (Å²) < 4.78 is 42.2. The average molecular weight is 759 g/mol. The first-order valence-electron chi connectivity index (χ1n) is 20.0. The van der Waals surface area contributed by atoms with E-state index in [9.17, 15) is 42.4 Å². The maximum absolute atomic E-state index is 12.3. The third-order valence-corrected chi connectivity index (χ3v) is 9.93. The smallest absolute Gasteiger partial charge is 0.335 e. The van der Waals surface area contributed by atoms with Gasteiger partial charge in [0.15, 0.2) is 5.25 Å². The first kappa shape index (κ1) is 49.6. The Labute approximate surface area is 314 Å². The van der Waals surface area contributed by atoms with Crippen molar-refractivity contribution in [2.45, 2.75) is 205 Å². The molecular weight excluding hydrogens is 688 g/mol. The average Bonchev–Trinajstić information content (AvgIpc) is 3.08. The van der Waals surface area contributed by atoms with Crippen molar-refractivity contribution in [2.75, 3.05) is 0 Å². The predicted molar refractivity (Wildman–Crippen MR) is 204 cm³/mol. The molecule has 0 aliphatic carbocycles. The molecule has 0 fully saturated rings. The number of carbonyl (C=O) groups is 4. The Balaban J connectivity index is 4.12.